The van der Waals surface area contributed by atoms with Gasteiger partial charge in [0.1, 0.15) is 0 Å². The molecule has 0 aliphatic carbocycles. The third kappa shape index (κ3) is 5.55. The second-order valence-electron chi connectivity index (χ2n) is 5.59. The summed E-state index contributed by atoms with van der Waals surface area (Å²) in [5, 5.41) is 4.44. The van der Waals surface area contributed by atoms with Crippen molar-refractivity contribution in [3.8, 4) is 0 Å². The highest BCUT2D eigenvalue weighted by atomic mass is 32.1. The van der Waals surface area contributed by atoms with Crippen LogP contribution in [-0.2, 0) is 13.1 Å². The molecule has 4 heteroatoms. The number of quaternary nitrogens is 1. The average molecular weight is 324 g/mol. The Labute approximate surface area is 137 Å². The van der Waals surface area contributed by atoms with Crippen LogP contribution < -0.4 is 4.90 Å². The van der Waals surface area contributed by atoms with Crippen molar-refractivity contribution in [2.75, 3.05) is 26.2 Å². The maximum atomic E-state index is 2.60. The van der Waals surface area contributed by atoms with Gasteiger partial charge in [-0.05, 0) is 49.2 Å². The van der Waals surface area contributed by atoms with Crippen molar-refractivity contribution in [3.63, 3.8) is 0 Å². The van der Waals surface area contributed by atoms with Gasteiger partial charge < -0.3 is 4.90 Å². The topological polar surface area (TPSA) is 7.68 Å². The number of aryl methyl sites for hydroxylation is 1. The average Bonchev–Trinajstić information content (AvgIpc) is 3.12. The number of hydrogen-bond donors (Lipinski definition) is 1. The van der Waals surface area contributed by atoms with Crippen LogP contribution in [0.1, 0.15) is 29.2 Å². The lowest BCUT2D eigenvalue weighted by Crippen LogP contribution is -3.12. The van der Waals surface area contributed by atoms with Crippen LogP contribution in [-0.4, -0.2) is 31.1 Å². The van der Waals surface area contributed by atoms with Gasteiger partial charge in [-0.2, -0.15) is 0 Å². The Morgan fingerprint density at radius 3 is 2.43 bits per heavy atom. The van der Waals surface area contributed by atoms with Crippen molar-refractivity contribution in [1.82, 2.24) is 4.90 Å². The molecule has 21 heavy (non-hydrogen) atoms. The molecule has 0 spiro atoms. The zero-order valence-corrected chi connectivity index (χ0v) is 15.0. The first-order valence-corrected chi connectivity index (χ1v) is 9.59. The van der Waals surface area contributed by atoms with Gasteiger partial charge in [0.15, 0.2) is 0 Å². The monoisotopic (exact) mass is 323 g/mol. The highest BCUT2D eigenvalue weighted by Crippen LogP contribution is 2.18. The Balaban J connectivity index is 1.95. The standard InChI is InChI=1S/C17H26N2S2/c1-4-18(5-2)8-9-19(12-16-7-6-10-20-16)13-17-11-15(3)14-21-17/h6-7,10-11,14H,4-5,8-9,12-13H2,1-3H3/p+1. The second kappa shape index (κ2) is 8.69. The van der Waals surface area contributed by atoms with Gasteiger partial charge in [0.05, 0.1) is 19.6 Å². The predicted molar refractivity (Wildman–Crippen MR) is 94.4 cm³/mol. The molecular weight excluding hydrogens is 296 g/mol. The molecule has 0 aliphatic heterocycles. The van der Waals surface area contributed by atoms with Gasteiger partial charge in [-0.25, -0.2) is 0 Å². The summed E-state index contributed by atoms with van der Waals surface area (Å²) >= 11 is 3.76. The summed E-state index contributed by atoms with van der Waals surface area (Å²) in [6, 6.07) is 6.74. The van der Waals surface area contributed by atoms with Crippen LogP contribution in [0.5, 0.6) is 0 Å². The highest BCUT2D eigenvalue weighted by molar-refractivity contribution is 7.10. The predicted octanol–water partition coefficient (Wildman–Crippen LogP) is 3.04. The smallest absolute Gasteiger partial charge is 0.0900 e. The zero-order valence-electron chi connectivity index (χ0n) is 13.4. The lowest BCUT2D eigenvalue weighted by atomic mass is 10.3. The number of rotatable bonds is 9. The van der Waals surface area contributed by atoms with Crippen molar-refractivity contribution in [1.29, 1.82) is 0 Å². The van der Waals surface area contributed by atoms with E-state index in [0.717, 1.165) is 13.1 Å². The van der Waals surface area contributed by atoms with E-state index in [2.05, 4.69) is 54.6 Å². The fourth-order valence-corrected chi connectivity index (χ4v) is 4.21. The van der Waals surface area contributed by atoms with Crippen LogP contribution in [0, 0.1) is 6.92 Å². The van der Waals surface area contributed by atoms with Gasteiger partial charge in [-0.15, -0.1) is 22.7 Å². The van der Waals surface area contributed by atoms with Crippen molar-refractivity contribution in [3.05, 3.63) is 44.3 Å². The maximum absolute atomic E-state index is 2.60. The van der Waals surface area contributed by atoms with E-state index in [1.165, 1.54) is 41.5 Å². The van der Waals surface area contributed by atoms with E-state index in [0.29, 0.717) is 0 Å². The minimum Gasteiger partial charge on any atom is -0.334 e. The van der Waals surface area contributed by atoms with E-state index in [4.69, 9.17) is 0 Å². The molecule has 116 valence electrons. The molecule has 0 unspecified atom stereocenters. The van der Waals surface area contributed by atoms with Crippen LogP contribution >= 0.6 is 22.7 Å². The molecule has 0 saturated heterocycles. The molecule has 2 rings (SSSR count). The molecule has 0 aromatic carbocycles. The van der Waals surface area contributed by atoms with E-state index < -0.39 is 0 Å². The van der Waals surface area contributed by atoms with Crippen molar-refractivity contribution >= 4 is 22.7 Å². The molecule has 0 saturated carbocycles. The van der Waals surface area contributed by atoms with Crippen molar-refractivity contribution < 1.29 is 4.90 Å². The van der Waals surface area contributed by atoms with Crippen LogP contribution in [0.3, 0.4) is 0 Å². The van der Waals surface area contributed by atoms with E-state index in [1.54, 1.807) is 4.90 Å². The Morgan fingerprint density at radius 2 is 1.86 bits per heavy atom. The molecule has 2 nitrogen and oxygen atoms in total. The summed E-state index contributed by atoms with van der Waals surface area (Å²) in [6.45, 7) is 13.8. The summed E-state index contributed by atoms with van der Waals surface area (Å²) in [5.41, 5.74) is 1.39. The summed E-state index contributed by atoms with van der Waals surface area (Å²) in [6.07, 6.45) is 0. The molecule has 2 aromatic heterocycles. The molecule has 0 radical (unpaired) electrons. The summed E-state index contributed by atoms with van der Waals surface area (Å²) < 4.78 is 0. The Morgan fingerprint density at radius 1 is 1.10 bits per heavy atom. The minimum absolute atomic E-state index is 1.08. The molecule has 1 N–H and O–H groups in total. The fourth-order valence-electron chi connectivity index (χ4n) is 2.55. The van der Waals surface area contributed by atoms with Gasteiger partial charge in [0.25, 0.3) is 0 Å². The highest BCUT2D eigenvalue weighted by Gasteiger charge is 2.12. The van der Waals surface area contributed by atoms with Gasteiger partial charge >= 0.3 is 0 Å². The number of thiophene rings is 2. The van der Waals surface area contributed by atoms with E-state index in [1.807, 2.05) is 22.7 Å². The molecular formula is C17H27N2S2+. The van der Waals surface area contributed by atoms with Gasteiger partial charge in [0.2, 0.25) is 0 Å². The lowest BCUT2D eigenvalue weighted by Gasteiger charge is -2.24. The van der Waals surface area contributed by atoms with Crippen LogP contribution in [0.15, 0.2) is 29.0 Å². The lowest BCUT2D eigenvalue weighted by molar-refractivity contribution is -0.895. The van der Waals surface area contributed by atoms with Crippen molar-refractivity contribution in [2.24, 2.45) is 0 Å². The van der Waals surface area contributed by atoms with Gasteiger partial charge in [-0.3, -0.25) is 4.90 Å². The SMILES string of the molecule is CC[NH+](CC)CCN(Cc1cccs1)Cc1cc(C)cs1. The van der Waals surface area contributed by atoms with E-state index in [-0.39, 0.29) is 0 Å². The minimum atomic E-state index is 1.08. The fraction of sp³-hybridized carbons (Fsp3) is 0.529. The van der Waals surface area contributed by atoms with Gasteiger partial charge in [-0.1, -0.05) is 6.07 Å². The van der Waals surface area contributed by atoms with Crippen LogP contribution in [0.4, 0.5) is 0 Å². The largest absolute Gasteiger partial charge is 0.334 e. The summed E-state index contributed by atoms with van der Waals surface area (Å²) in [4.78, 5) is 7.24. The normalized spacial score (nSPS) is 11.7. The second-order valence-corrected chi connectivity index (χ2v) is 7.62. The van der Waals surface area contributed by atoms with Crippen molar-refractivity contribution in [2.45, 2.75) is 33.9 Å². The quantitative estimate of drug-likeness (QED) is 0.745. The van der Waals surface area contributed by atoms with E-state index in [9.17, 15) is 0 Å². The number of likely N-dealkylation sites (N-methyl/N-ethyl adjacent to an activating group) is 1. The number of nitrogens with zero attached hydrogens (tertiary/aromatic N) is 1. The molecule has 0 atom stereocenters. The molecule has 2 aromatic rings. The van der Waals surface area contributed by atoms with E-state index >= 15 is 0 Å². The van der Waals surface area contributed by atoms with Crippen LogP contribution in [0.25, 0.3) is 0 Å². The zero-order chi connectivity index (χ0) is 15.1. The maximum Gasteiger partial charge on any atom is 0.0900 e. The first-order valence-electron chi connectivity index (χ1n) is 7.83. The Hall–Kier alpha value is -0.680. The molecule has 0 fully saturated rings. The summed E-state index contributed by atoms with van der Waals surface area (Å²) in [7, 11) is 0. The Kier molecular flexibility index (Phi) is 6.90. The summed E-state index contributed by atoms with van der Waals surface area (Å²) in [5.74, 6) is 0. The molecule has 2 heterocycles. The molecule has 0 aliphatic rings. The first kappa shape index (κ1) is 16.7. The molecule has 0 amide bonds. The molecule has 0 bridgehead atoms. The third-order valence-corrected chi connectivity index (χ3v) is 5.81. The Bertz CT molecular complexity index is 501. The third-order valence-electron chi connectivity index (χ3n) is 3.91. The number of hydrogen-bond acceptors (Lipinski definition) is 3. The first-order chi connectivity index (χ1) is 10.2. The van der Waals surface area contributed by atoms with Gasteiger partial charge in [0, 0.05) is 29.4 Å². The van der Waals surface area contributed by atoms with Crippen LogP contribution in [0.2, 0.25) is 0 Å². The number of nitrogens with one attached hydrogen (secondary N) is 1.